The predicted molar refractivity (Wildman–Crippen MR) is 76.7 cm³/mol. The minimum absolute atomic E-state index is 0.128. The Morgan fingerprint density at radius 1 is 0.905 bits per heavy atom. The molecule has 0 amide bonds. The summed E-state index contributed by atoms with van der Waals surface area (Å²) in [6.07, 6.45) is 0. The molecule has 0 spiro atoms. The molecule has 1 N–H and O–H groups in total. The molecule has 0 fully saturated rings. The van der Waals surface area contributed by atoms with Crippen molar-refractivity contribution in [1.29, 1.82) is 0 Å². The van der Waals surface area contributed by atoms with Gasteiger partial charge in [-0.25, -0.2) is 21.2 Å². The molecule has 21 heavy (non-hydrogen) atoms. The fourth-order valence-electron chi connectivity index (χ4n) is 1.53. The van der Waals surface area contributed by atoms with E-state index in [0.29, 0.717) is 0 Å². The zero-order chi connectivity index (χ0) is 15.7. The standard InChI is InChI=1S/C12H9ClFNO4S2/c13-20(16,17)11-6-4-10(5-7-11)15-21(18,19)12-3-1-2-9(14)8-12/h1-8,15H. The lowest BCUT2D eigenvalue weighted by molar-refractivity contribution is 0.595. The third-order valence-electron chi connectivity index (χ3n) is 2.49. The Kier molecular flexibility index (Phi) is 4.22. The number of sulfonamides is 1. The van der Waals surface area contributed by atoms with Crippen LogP contribution in [0, 0.1) is 5.82 Å². The molecule has 0 saturated carbocycles. The van der Waals surface area contributed by atoms with Gasteiger partial charge in [0, 0.05) is 16.4 Å². The van der Waals surface area contributed by atoms with Crippen molar-refractivity contribution in [2.24, 2.45) is 0 Å². The highest BCUT2D eigenvalue weighted by Crippen LogP contribution is 2.20. The molecular formula is C12H9ClFNO4S2. The zero-order valence-electron chi connectivity index (χ0n) is 10.3. The topological polar surface area (TPSA) is 80.3 Å². The summed E-state index contributed by atoms with van der Waals surface area (Å²) < 4.78 is 61.4. The Morgan fingerprint density at radius 2 is 1.52 bits per heavy atom. The van der Waals surface area contributed by atoms with Crippen LogP contribution in [0.15, 0.2) is 58.3 Å². The van der Waals surface area contributed by atoms with Crippen molar-refractivity contribution in [1.82, 2.24) is 0 Å². The summed E-state index contributed by atoms with van der Waals surface area (Å²) in [5.74, 6) is -0.679. The van der Waals surface area contributed by atoms with E-state index in [4.69, 9.17) is 10.7 Å². The van der Waals surface area contributed by atoms with Gasteiger partial charge in [0.05, 0.1) is 9.79 Å². The number of benzene rings is 2. The first kappa shape index (κ1) is 15.7. The zero-order valence-corrected chi connectivity index (χ0v) is 12.7. The van der Waals surface area contributed by atoms with E-state index < -0.39 is 24.9 Å². The van der Waals surface area contributed by atoms with Crippen molar-refractivity contribution in [3.8, 4) is 0 Å². The molecule has 0 aliphatic carbocycles. The first-order chi connectivity index (χ1) is 9.68. The second-order valence-electron chi connectivity index (χ2n) is 4.03. The first-order valence-corrected chi connectivity index (χ1v) is 9.31. The summed E-state index contributed by atoms with van der Waals surface area (Å²) in [7, 11) is -2.68. The summed E-state index contributed by atoms with van der Waals surface area (Å²) in [4.78, 5) is -0.394. The minimum atomic E-state index is -3.96. The summed E-state index contributed by atoms with van der Waals surface area (Å²) >= 11 is 0. The number of hydrogen-bond acceptors (Lipinski definition) is 4. The number of rotatable bonds is 4. The predicted octanol–water partition coefficient (Wildman–Crippen LogP) is 2.55. The molecule has 2 rings (SSSR count). The van der Waals surface area contributed by atoms with Gasteiger partial charge in [-0.1, -0.05) is 6.07 Å². The first-order valence-electron chi connectivity index (χ1n) is 5.52. The van der Waals surface area contributed by atoms with Crippen LogP contribution in [0.25, 0.3) is 0 Å². The molecule has 0 saturated heterocycles. The van der Waals surface area contributed by atoms with Crippen molar-refractivity contribution in [2.75, 3.05) is 4.72 Å². The number of nitrogens with one attached hydrogen (secondary N) is 1. The fraction of sp³-hybridized carbons (Fsp3) is 0. The third kappa shape index (κ3) is 3.93. The van der Waals surface area contributed by atoms with Gasteiger partial charge >= 0.3 is 0 Å². The normalized spacial score (nSPS) is 12.1. The molecule has 0 atom stereocenters. The average Bonchev–Trinajstić information content (AvgIpc) is 2.38. The molecule has 0 aliphatic rings. The lowest BCUT2D eigenvalue weighted by atomic mass is 10.3. The average molecular weight is 350 g/mol. The second kappa shape index (κ2) is 5.63. The number of anilines is 1. The molecule has 0 aromatic heterocycles. The molecule has 112 valence electrons. The summed E-state index contributed by atoms with van der Waals surface area (Å²) in [6.45, 7) is 0. The van der Waals surface area contributed by atoms with Crippen LogP contribution in [0.5, 0.6) is 0 Å². The van der Waals surface area contributed by atoms with Gasteiger partial charge in [0.25, 0.3) is 19.1 Å². The Hall–Kier alpha value is -1.64. The van der Waals surface area contributed by atoms with E-state index in [1.54, 1.807) is 0 Å². The van der Waals surface area contributed by atoms with E-state index in [2.05, 4.69) is 4.72 Å². The molecule has 2 aromatic carbocycles. The largest absolute Gasteiger partial charge is 0.280 e. The fourth-order valence-corrected chi connectivity index (χ4v) is 3.39. The van der Waals surface area contributed by atoms with E-state index in [9.17, 15) is 21.2 Å². The highest BCUT2D eigenvalue weighted by Gasteiger charge is 2.15. The van der Waals surface area contributed by atoms with Gasteiger partial charge in [-0.3, -0.25) is 4.72 Å². The quantitative estimate of drug-likeness (QED) is 0.860. The van der Waals surface area contributed by atoms with Gasteiger partial charge in [0.2, 0.25) is 0 Å². The van der Waals surface area contributed by atoms with Crippen molar-refractivity contribution >= 4 is 35.4 Å². The van der Waals surface area contributed by atoms with Crippen LogP contribution in [0.1, 0.15) is 0 Å². The molecule has 0 bridgehead atoms. The summed E-state index contributed by atoms with van der Waals surface area (Å²) in [5.41, 5.74) is 0.128. The Labute approximate surface area is 125 Å². The molecule has 0 unspecified atom stereocenters. The Balaban J connectivity index is 2.29. The highest BCUT2D eigenvalue weighted by molar-refractivity contribution is 8.13. The smallest absolute Gasteiger partial charge is 0.261 e. The highest BCUT2D eigenvalue weighted by atomic mass is 35.7. The summed E-state index contributed by atoms with van der Waals surface area (Å²) in [6, 6.07) is 9.31. The van der Waals surface area contributed by atoms with Crippen LogP contribution in [-0.2, 0) is 19.1 Å². The van der Waals surface area contributed by atoms with Gasteiger partial charge in [0.1, 0.15) is 5.82 Å². The second-order valence-corrected chi connectivity index (χ2v) is 8.27. The third-order valence-corrected chi connectivity index (χ3v) is 5.24. The van der Waals surface area contributed by atoms with Crippen molar-refractivity contribution in [2.45, 2.75) is 9.79 Å². The molecule has 0 heterocycles. The van der Waals surface area contributed by atoms with Crippen LogP contribution in [-0.4, -0.2) is 16.8 Å². The maximum atomic E-state index is 13.0. The maximum absolute atomic E-state index is 13.0. The number of halogens is 2. The monoisotopic (exact) mass is 349 g/mol. The van der Waals surface area contributed by atoms with E-state index in [1.807, 2.05) is 0 Å². The number of hydrogen-bond donors (Lipinski definition) is 1. The van der Waals surface area contributed by atoms with Crippen molar-refractivity contribution < 1.29 is 21.2 Å². The molecule has 5 nitrogen and oxygen atoms in total. The van der Waals surface area contributed by atoms with Crippen molar-refractivity contribution in [3.05, 3.63) is 54.3 Å². The summed E-state index contributed by atoms with van der Waals surface area (Å²) in [5, 5.41) is 0. The van der Waals surface area contributed by atoms with Gasteiger partial charge in [0.15, 0.2) is 0 Å². The van der Waals surface area contributed by atoms with E-state index in [-0.39, 0.29) is 15.5 Å². The lowest BCUT2D eigenvalue weighted by Gasteiger charge is -2.08. The lowest BCUT2D eigenvalue weighted by Crippen LogP contribution is -2.13. The molecule has 0 radical (unpaired) electrons. The van der Waals surface area contributed by atoms with Crippen molar-refractivity contribution in [3.63, 3.8) is 0 Å². The molecular weight excluding hydrogens is 341 g/mol. The van der Waals surface area contributed by atoms with Gasteiger partial charge in [-0.2, -0.15) is 0 Å². The van der Waals surface area contributed by atoms with Crippen LogP contribution < -0.4 is 4.72 Å². The van der Waals surface area contributed by atoms with Gasteiger partial charge in [-0.05, 0) is 42.5 Å². The van der Waals surface area contributed by atoms with E-state index in [1.165, 1.54) is 24.3 Å². The Morgan fingerprint density at radius 3 is 2.05 bits per heavy atom. The van der Waals surface area contributed by atoms with Crippen LogP contribution in [0.2, 0.25) is 0 Å². The van der Waals surface area contributed by atoms with Gasteiger partial charge in [-0.15, -0.1) is 0 Å². The molecule has 9 heteroatoms. The minimum Gasteiger partial charge on any atom is -0.280 e. The SMILES string of the molecule is O=S(=O)(Cl)c1ccc(NS(=O)(=O)c2cccc(F)c2)cc1. The van der Waals surface area contributed by atoms with E-state index >= 15 is 0 Å². The Bertz CT molecular complexity index is 864. The van der Waals surface area contributed by atoms with Crippen LogP contribution >= 0.6 is 10.7 Å². The van der Waals surface area contributed by atoms with E-state index in [0.717, 1.165) is 24.3 Å². The molecule has 0 aliphatic heterocycles. The van der Waals surface area contributed by atoms with Crippen LogP contribution in [0.4, 0.5) is 10.1 Å². The van der Waals surface area contributed by atoms with Crippen LogP contribution in [0.3, 0.4) is 0 Å². The maximum Gasteiger partial charge on any atom is 0.261 e. The van der Waals surface area contributed by atoms with Gasteiger partial charge < -0.3 is 0 Å². The molecule has 2 aromatic rings.